The molecule has 1 aliphatic rings. The zero-order valence-corrected chi connectivity index (χ0v) is 18.1. The number of rotatable bonds is 3. The highest BCUT2D eigenvalue weighted by Crippen LogP contribution is 2.35. The molecule has 2 heterocycles. The number of aromatic nitrogens is 1. The number of amides is 1. The molecule has 0 saturated carbocycles. The summed E-state index contributed by atoms with van der Waals surface area (Å²) in [4.78, 5) is 21.4. The van der Waals surface area contributed by atoms with Gasteiger partial charge in [-0.1, -0.05) is 49.2 Å². The van der Waals surface area contributed by atoms with Crippen LogP contribution >= 0.6 is 35.0 Å². The molecule has 0 atom stereocenters. The van der Waals surface area contributed by atoms with Crippen LogP contribution in [0.3, 0.4) is 0 Å². The van der Waals surface area contributed by atoms with Gasteiger partial charge >= 0.3 is 0 Å². The van der Waals surface area contributed by atoms with Gasteiger partial charge in [-0.05, 0) is 65.2 Å². The smallest absolute Gasteiger partial charge is 0.286 e. The van der Waals surface area contributed by atoms with E-state index in [1.54, 1.807) is 18.2 Å². The molecule has 2 aromatic carbocycles. The third-order valence-electron chi connectivity index (χ3n) is 4.53. The van der Waals surface area contributed by atoms with E-state index in [2.05, 4.69) is 35.2 Å². The van der Waals surface area contributed by atoms with Crippen LogP contribution in [0.5, 0.6) is 0 Å². The lowest BCUT2D eigenvalue weighted by Gasteiger charge is -2.10. The minimum Gasteiger partial charge on any atom is -0.332 e. The number of nitrogens with one attached hydrogen (secondary N) is 1. The molecule has 4 rings (SSSR count). The first-order valence-corrected chi connectivity index (χ1v) is 10.6. The largest absolute Gasteiger partial charge is 0.332 e. The summed E-state index contributed by atoms with van der Waals surface area (Å²) in [6, 6.07) is 13.2. The van der Waals surface area contributed by atoms with Crippen molar-refractivity contribution in [3.8, 4) is 0 Å². The molecule has 0 saturated heterocycles. The lowest BCUT2D eigenvalue weighted by molar-refractivity contribution is -0.113. The summed E-state index contributed by atoms with van der Waals surface area (Å²) < 4.78 is 0. The van der Waals surface area contributed by atoms with Crippen LogP contribution in [0.1, 0.15) is 30.9 Å². The monoisotopic (exact) mass is 441 g/mol. The summed E-state index contributed by atoms with van der Waals surface area (Å²) in [5.74, 6) is 0.0847. The lowest BCUT2D eigenvalue weighted by atomic mass is 9.97. The van der Waals surface area contributed by atoms with Gasteiger partial charge in [0.2, 0.25) is 0 Å². The maximum absolute atomic E-state index is 12.4. The average molecular weight is 442 g/mol. The molecule has 0 radical (unpaired) electrons. The number of para-hydroxylation sites is 1. The molecule has 0 spiro atoms. The van der Waals surface area contributed by atoms with E-state index in [4.69, 9.17) is 23.2 Å². The van der Waals surface area contributed by atoms with Crippen molar-refractivity contribution in [2.75, 3.05) is 5.32 Å². The molecule has 0 unspecified atom stereocenters. The first-order valence-electron chi connectivity index (χ1n) is 9.04. The van der Waals surface area contributed by atoms with Gasteiger partial charge in [0, 0.05) is 11.6 Å². The van der Waals surface area contributed by atoms with Crippen LogP contribution in [0, 0.1) is 0 Å². The number of carbonyl (C=O) groups excluding carboxylic acids is 1. The Morgan fingerprint density at radius 3 is 2.59 bits per heavy atom. The number of hydrogen-bond donors (Lipinski definition) is 1. The Labute approximate surface area is 183 Å². The molecule has 0 aliphatic carbocycles. The zero-order valence-electron chi connectivity index (χ0n) is 15.7. The first kappa shape index (κ1) is 20.0. The van der Waals surface area contributed by atoms with Crippen LogP contribution in [-0.4, -0.2) is 16.1 Å². The van der Waals surface area contributed by atoms with Crippen LogP contribution in [0.25, 0.3) is 17.0 Å². The third-order valence-corrected chi connectivity index (χ3v) is 6.06. The number of halogens is 2. The van der Waals surface area contributed by atoms with Gasteiger partial charge in [-0.2, -0.15) is 4.99 Å². The topological polar surface area (TPSA) is 54.4 Å². The molecule has 0 bridgehead atoms. The number of hydrogen-bond acceptors (Lipinski definition) is 4. The molecule has 3 aromatic rings. The molecular formula is C22H17Cl2N3OS. The van der Waals surface area contributed by atoms with Gasteiger partial charge < -0.3 is 5.32 Å². The number of aliphatic imine (C=N–C) groups is 1. The Kier molecular flexibility index (Phi) is 5.63. The van der Waals surface area contributed by atoms with Crippen LogP contribution in [-0.2, 0) is 4.79 Å². The maximum Gasteiger partial charge on any atom is 0.286 e. The Morgan fingerprint density at radius 1 is 1.10 bits per heavy atom. The molecule has 0 fully saturated rings. The fourth-order valence-electron chi connectivity index (χ4n) is 3.12. The van der Waals surface area contributed by atoms with E-state index < -0.39 is 0 Å². The minimum absolute atomic E-state index is 0.295. The van der Waals surface area contributed by atoms with E-state index in [0.717, 1.165) is 16.5 Å². The van der Waals surface area contributed by atoms with Crippen molar-refractivity contribution in [2.24, 2.45) is 4.99 Å². The summed E-state index contributed by atoms with van der Waals surface area (Å²) in [5.41, 5.74) is 3.63. The fraction of sp³-hybridized carbons (Fsp3) is 0.136. The van der Waals surface area contributed by atoms with Gasteiger partial charge in [-0.3, -0.25) is 9.78 Å². The van der Waals surface area contributed by atoms with Gasteiger partial charge in [0.25, 0.3) is 5.91 Å². The number of fused-ring (bicyclic) bond motifs is 1. The maximum atomic E-state index is 12.4. The average Bonchev–Trinajstić information content (AvgIpc) is 3.03. The lowest BCUT2D eigenvalue weighted by Crippen LogP contribution is -2.05. The van der Waals surface area contributed by atoms with Crippen molar-refractivity contribution < 1.29 is 4.79 Å². The van der Waals surface area contributed by atoms with Crippen molar-refractivity contribution in [3.63, 3.8) is 0 Å². The summed E-state index contributed by atoms with van der Waals surface area (Å²) in [5, 5.41) is 5.53. The minimum atomic E-state index is -0.295. The van der Waals surface area contributed by atoms with Gasteiger partial charge in [0.05, 0.1) is 26.2 Å². The van der Waals surface area contributed by atoms with E-state index in [-0.39, 0.29) is 5.91 Å². The highest BCUT2D eigenvalue weighted by atomic mass is 35.5. The second-order valence-corrected chi connectivity index (χ2v) is 8.73. The highest BCUT2D eigenvalue weighted by molar-refractivity contribution is 8.18. The number of anilines is 1. The molecule has 4 nitrogen and oxygen atoms in total. The Bertz CT molecular complexity index is 1170. The standard InChI is InChI=1S/C22H17Cl2N3OS/c1-12(2)14-8-9-25-18-7-6-13(10-15(14)18)11-19-21(28)27-22(29-19)26-20-16(23)4-3-5-17(20)24/h3-12H,1-2H3,(H,26,27,28)/b19-11-. The van der Waals surface area contributed by atoms with Crippen molar-refractivity contribution in [3.05, 3.63) is 74.7 Å². The van der Waals surface area contributed by atoms with E-state index in [1.807, 2.05) is 30.5 Å². The second-order valence-electron chi connectivity index (χ2n) is 6.89. The van der Waals surface area contributed by atoms with E-state index in [0.29, 0.717) is 31.7 Å². The van der Waals surface area contributed by atoms with Crippen molar-refractivity contribution in [1.29, 1.82) is 0 Å². The molecule has 1 N–H and O–H groups in total. The van der Waals surface area contributed by atoms with Crippen LogP contribution in [0.4, 0.5) is 5.69 Å². The van der Waals surface area contributed by atoms with Crippen LogP contribution in [0.15, 0.2) is 58.6 Å². The van der Waals surface area contributed by atoms with Crippen LogP contribution < -0.4 is 5.32 Å². The number of pyridine rings is 1. The van der Waals surface area contributed by atoms with Gasteiger partial charge in [-0.25, -0.2) is 0 Å². The summed E-state index contributed by atoms with van der Waals surface area (Å²) in [7, 11) is 0. The number of carbonyl (C=O) groups is 1. The van der Waals surface area contributed by atoms with E-state index in [9.17, 15) is 4.79 Å². The number of amidine groups is 1. The van der Waals surface area contributed by atoms with Crippen molar-refractivity contribution in [1.82, 2.24) is 4.98 Å². The second kappa shape index (κ2) is 8.19. The fourth-order valence-corrected chi connectivity index (χ4v) is 4.43. The first-order chi connectivity index (χ1) is 13.9. The highest BCUT2D eigenvalue weighted by Gasteiger charge is 2.23. The van der Waals surface area contributed by atoms with Gasteiger partial charge in [0.1, 0.15) is 0 Å². The number of thioether (sulfide) groups is 1. The van der Waals surface area contributed by atoms with Crippen molar-refractivity contribution in [2.45, 2.75) is 19.8 Å². The predicted molar refractivity (Wildman–Crippen MR) is 124 cm³/mol. The molecule has 1 aliphatic heterocycles. The normalized spacial score (nSPS) is 15.4. The molecule has 29 heavy (non-hydrogen) atoms. The summed E-state index contributed by atoms with van der Waals surface area (Å²) >= 11 is 13.6. The van der Waals surface area contributed by atoms with E-state index in [1.165, 1.54) is 17.3 Å². The predicted octanol–water partition coefficient (Wildman–Crippen LogP) is 6.75. The third kappa shape index (κ3) is 4.17. The molecule has 7 heteroatoms. The Balaban J connectivity index is 1.61. The Hall–Kier alpha value is -2.34. The Morgan fingerprint density at radius 2 is 1.86 bits per heavy atom. The SMILES string of the molecule is CC(C)c1ccnc2ccc(/C=C3\SC(Nc4c(Cl)cccc4Cl)=NC3=O)cc12. The molecular weight excluding hydrogens is 425 g/mol. The molecule has 1 amide bonds. The number of nitrogens with zero attached hydrogens (tertiary/aromatic N) is 2. The summed E-state index contributed by atoms with van der Waals surface area (Å²) in [6.07, 6.45) is 3.67. The quantitative estimate of drug-likeness (QED) is 0.456. The molecule has 146 valence electrons. The van der Waals surface area contributed by atoms with E-state index >= 15 is 0 Å². The summed E-state index contributed by atoms with van der Waals surface area (Å²) in [6.45, 7) is 4.31. The number of benzene rings is 2. The van der Waals surface area contributed by atoms with Gasteiger partial charge in [-0.15, -0.1) is 0 Å². The van der Waals surface area contributed by atoms with Crippen LogP contribution in [0.2, 0.25) is 10.0 Å². The molecule has 1 aromatic heterocycles. The van der Waals surface area contributed by atoms with Gasteiger partial charge in [0.15, 0.2) is 5.17 Å². The van der Waals surface area contributed by atoms with Crippen molar-refractivity contribution >= 4 is 68.7 Å². The zero-order chi connectivity index (χ0) is 20.5.